The van der Waals surface area contributed by atoms with Gasteiger partial charge in [-0.15, -0.1) is 24.0 Å². The number of carbonyl (C=O) groups is 1. The topological polar surface area (TPSA) is 54.4 Å². The third-order valence-corrected chi connectivity index (χ3v) is 6.52. The van der Waals surface area contributed by atoms with Gasteiger partial charge in [-0.25, -0.2) is 0 Å². The van der Waals surface area contributed by atoms with Crippen LogP contribution in [0.1, 0.15) is 39.5 Å². The van der Waals surface area contributed by atoms with Crippen molar-refractivity contribution in [2.75, 3.05) is 59.9 Å². The van der Waals surface area contributed by atoms with E-state index in [0.29, 0.717) is 11.9 Å². The highest BCUT2D eigenvalue weighted by molar-refractivity contribution is 14.0. The van der Waals surface area contributed by atoms with Gasteiger partial charge in [-0.2, -0.15) is 0 Å². The van der Waals surface area contributed by atoms with Gasteiger partial charge in [-0.05, 0) is 46.6 Å². The third kappa shape index (κ3) is 5.95. The zero-order chi connectivity index (χ0) is 19.4. The number of nitrogens with one attached hydrogen (secondary N) is 1. The smallest absolute Gasteiger partial charge is 0.239 e. The van der Waals surface area contributed by atoms with Crippen LogP contribution in [0.15, 0.2) is 4.99 Å². The number of guanidine groups is 1. The highest BCUT2D eigenvalue weighted by Crippen LogP contribution is 2.26. The van der Waals surface area contributed by atoms with E-state index in [9.17, 15) is 4.79 Å². The van der Waals surface area contributed by atoms with E-state index in [1.807, 2.05) is 11.9 Å². The molecule has 7 nitrogen and oxygen atoms in total. The minimum absolute atomic E-state index is 0. The Kier molecular flexibility index (Phi) is 9.27. The van der Waals surface area contributed by atoms with E-state index in [1.165, 1.54) is 12.8 Å². The molecule has 0 bridgehead atoms. The largest absolute Gasteiger partial charge is 0.355 e. The van der Waals surface area contributed by atoms with Gasteiger partial charge in [0.05, 0.1) is 6.04 Å². The fourth-order valence-electron chi connectivity index (χ4n) is 4.24. The summed E-state index contributed by atoms with van der Waals surface area (Å²) in [4.78, 5) is 26.3. The number of nitrogens with zero attached hydrogens (tertiary/aromatic N) is 5. The second-order valence-corrected chi connectivity index (χ2v) is 8.41. The van der Waals surface area contributed by atoms with Crippen molar-refractivity contribution < 1.29 is 4.79 Å². The molecule has 0 aromatic carbocycles. The van der Waals surface area contributed by atoms with Gasteiger partial charge >= 0.3 is 0 Å². The Bertz CT molecular complexity index is 527. The lowest BCUT2D eigenvalue weighted by atomic mass is 10.2. The Hall–Kier alpha value is -0.610. The molecule has 3 aliphatic rings. The molecule has 3 fully saturated rings. The molecule has 0 radical (unpaired) electrons. The van der Waals surface area contributed by atoms with Gasteiger partial charge in [0, 0.05) is 64.9 Å². The molecular weight excluding hydrogens is 467 g/mol. The molecule has 2 atom stereocenters. The van der Waals surface area contributed by atoms with E-state index in [-0.39, 0.29) is 30.0 Å². The van der Waals surface area contributed by atoms with Crippen molar-refractivity contribution in [1.82, 2.24) is 24.9 Å². The van der Waals surface area contributed by atoms with Crippen molar-refractivity contribution >= 4 is 35.8 Å². The number of likely N-dealkylation sites (N-methyl/N-ethyl adjacent to an activating group) is 1. The highest BCUT2D eigenvalue weighted by atomic mass is 127. The van der Waals surface area contributed by atoms with Gasteiger partial charge in [0.2, 0.25) is 5.91 Å². The minimum Gasteiger partial charge on any atom is -0.355 e. The zero-order valence-corrected chi connectivity index (χ0v) is 20.4. The lowest BCUT2D eigenvalue weighted by Gasteiger charge is -2.40. The van der Waals surface area contributed by atoms with E-state index in [1.54, 1.807) is 0 Å². The van der Waals surface area contributed by atoms with Crippen LogP contribution in [0.3, 0.4) is 0 Å². The number of rotatable bonds is 6. The van der Waals surface area contributed by atoms with Crippen molar-refractivity contribution in [2.24, 2.45) is 4.99 Å². The van der Waals surface area contributed by atoms with Crippen LogP contribution in [0.25, 0.3) is 0 Å². The van der Waals surface area contributed by atoms with Crippen molar-refractivity contribution in [1.29, 1.82) is 0 Å². The maximum absolute atomic E-state index is 12.6. The zero-order valence-electron chi connectivity index (χ0n) is 18.1. The summed E-state index contributed by atoms with van der Waals surface area (Å²) in [7, 11) is 4.09. The third-order valence-electron chi connectivity index (χ3n) is 6.52. The van der Waals surface area contributed by atoms with Crippen molar-refractivity contribution in [3.63, 3.8) is 0 Å². The van der Waals surface area contributed by atoms with Gasteiger partial charge in [0.25, 0.3) is 0 Å². The summed E-state index contributed by atoms with van der Waals surface area (Å²) < 4.78 is 0. The van der Waals surface area contributed by atoms with Crippen LogP contribution in [0.5, 0.6) is 0 Å². The molecule has 28 heavy (non-hydrogen) atoms. The molecule has 2 heterocycles. The number of hydrogen-bond donors (Lipinski definition) is 1. The van der Waals surface area contributed by atoms with Crippen LogP contribution in [-0.2, 0) is 4.79 Å². The lowest BCUT2D eigenvalue weighted by Crippen LogP contribution is -2.57. The predicted octanol–water partition coefficient (Wildman–Crippen LogP) is 1.29. The maximum atomic E-state index is 12.6. The fourth-order valence-corrected chi connectivity index (χ4v) is 4.24. The van der Waals surface area contributed by atoms with Crippen molar-refractivity contribution in [3.05, 3.63) is 0 Å². The first kappa shape index (κ1) is 23.7. The summed E-state index contributed by atoms with van der Waals surface area (Å²) in [5.41, 5.74) is 0. The maximum Gasteiger partial charge on any atom is 0.239 e. The second kappa shape index (κ2) is 11.0. The van der Waals surface area contributed by atoms with Gasteiger partial charge in [0.15, 0.2) is 5.96 Å². The Morgan fingerprint density at radius 1 is 1.07 bits per heavy atom. The lowest BCUT2D eigenvalue weighted by molar-refractivity contribution is -0.135. The number of aliphatic imine (C=N–C) groups is 1. The molecule has 162 valence electrons. The van der Waals surface area contributed by atoms with Gasteiger partial charge in [-0.3, -0.25) is 19.6 Å². The number of carbonyl (C=O) groups excluding carboxylic acids is 1. The second-order valence-electron chi connectivity index (χ2n) is 8.41. The molecule has 1 aliphatic carbocycles. The molecule has 1 amide bonds. The Balaban J connectivity index is 0.00000280. The Morgan fingerprint density at radius 3 is 2.21 bits per heavy atom. The summed E-state index contributed by atoms with van der Waals surface area (Å²) in [6.45, 7) is 10.8. The monoisotopic (exact) mass is 506 g/mol. The van der Waals surface area contributed by atoms with Gasteiger partial charge in [-0.1, -0.05) is 0 Å². The number of halogens is 1. The van der Waals surface area contributed by atoms with Gasteiger partial charge < -0.3 is 15.1 Å². The summed E-state index contributed by atoms with van der Waals surface area (Å²) in [5.74, 6) is 1.30. The summed E-state index contributed by atoms with van der Waals surface area (Å²) >= 11 is 0. The Morgan fingerprint density at radius 2 is 1.68 bits per heavy atom. The van der Waals surface area contributed by atoms with Crippen LogP contribution in [-0.4, -0.2) is 110 Å². The van der Waals surface area contributed by atoms with Gasteiger partial charge in [0.1, 0.15) is 0 Å². The van der Waals surface area contributed by atoms with Crippen LogP contribution >= 0.6 is 24.0 Å². The molecule has 2 saturated heterocycles. The van der Waals surface area contributed by atoms with Crippen molar-refractivity contribution in [3.8, 4) is 0 Å². The van der Waals surface area contributed by atoms with E-state index in [4.69, 9.17) is 0 Å². The molecule has 2 aliphatic heterocycles. The summed E-state index contributed by atoms with van der Waals surface area (Å²) in [6.07, 6.45) is 4.99. The van der Waals surface area contributed by atoms with E-state index < -0.39 is 0 Å². The minimum atomic E-state index is -0.00700. The summed E-state index contributed by atoms with van der Waals surface area (Å²) in [6, 6.07) is 1.28. The van der Waals surface area contributed by atoms with Crippen LogP contribution in [0.2, 0.25) is 0 Å². The van der Waals surface area contributed by atoms with Crippen LogP contribution in [0.4, 0.5) is 0 Å². The van der Waals surface area contributed by atoms with Crippen molar-refractivity contribution in [2.45, 2.75) is 57.7 Å². The quantitative estimate of drug-likeness (QED) is 0.335. The molecule has 0 aromatic heterocycles. The molecular formula is C20H39IN6O. The highest BCUT2D eigenvalue weighted by Gasteiger charge is 2.31. The predicted molar refractivity (Wildman–Crippen MR) is 125 cm³/mol. The normalized spacial score (nSPS) is 23.5. The van der Waals surface area contributed by atoms with E-state index >= 15 is 0 Å². The van der Waals surface area contributed by atoms with E-state index in [0.717, 1.165) is 70.7 Å². The molecule has 1 saturated carbocycles. The molecule has 3 rings (SSSR count). The number of piperazine rings is 1. The molecule has 0 aromatic rings. The molecule has 8 heteroatoms. The number of likely N-dealkylation sites (tertiary alicyclic amines) is 1. The van der Waals surface area contributed by atoms with Crippen LogP contribution < -0.4 is 5.32 Å². The Labute approximate surface area is 187 Å². The first-order valence-electron chi connectivity index (χ1n) is 10.7. The average molecular weight is 506 g/mol. The number of amides is 1. The summed E-state index contributed by atoms with van der Waals surface area (Å²) in [5, 5.41) is 3.55. The first-order chi connectivity index (χ1) is 13.0. The first-order valence-corrected chi connectivity index (χ1v) is 10.7. The number of hydrogen-bond acceptors (Lipinski definition) is 4. The SMILES string of the molecule is CN=C(NCC(C)N(C)C1CC1)N1CCN(C(C)C(=O)N2CCCC2)CC1.I. The van der Waals surface area contributed by atoms with Crippen LogP contribution in [0, 0.1) is 0 Å². The molecule has 1 N–H and O–H groups in total. The average Bonchev–Trinajstić information content (AvgIpc) is 3.40. The molecule has 0 spiro atoms. The standard InChI is InChI=1S/C20H38N6O.HI/c1-16(23(4)18-7-8-18)15-22-20(21-3)26-13-11-24(12-14-26)17(2)19(27)25-9-5-6-10-25;/h16-18H,5-15H2,1-4H3,(H,21,22);1H. The fraction of sp³-hybridized carbons (Fsp3) is 0.900. The molecule has 2 unspecified atom stereocenters. The van der Waals surface area contributed by atoms with E-state index in [2.05, 4.69) is 45.9 Å².